The molecule has 0 spiro atoms. The Balaban J connectivity index is 1.85. The van der Waals surface area contributed by atoms with E-state index in [1.807, 2.05) is 0 Å². The van der Waals surface area contributed by atoms with E-state index in [0.29, 0.717) is 22.0 Å². The van der Waals surface area contributed by atoms with Gasteiger partial charge in [-0.15, -0.1) is 0 Å². The summed E-state index contributed by atoms with van der Waals surface area (Å²) < 4.78 is 0. The molecule has 0 saturated heterocycles. The first-order chi connectivity index (χ1) is 11.0. The fourth-order valence-electron chi connectivity index (χ4n) is 1.72. The molecule has 2 N–H and O–H groups in total. The van der Waals surface area contributed by atoms with Crippen LogP contribution in [0.5, 0.6) is 0 Å². The summed E-state index contributed by atoms with van der Waals surface area (Å²) in [5.74, 6) is -0.586. The van der Waals surface area contributed by atoms with Crippen molar-refractivity contribution in [2.45, 2.75) is 13.3 Å². The van der Waals surface area contributed by atoms with E-state index >= 15 is 0 Å². The van der Waals surface area contributed by atoms with E-state index in [4.69, 9.17) is 11.6 Å². The van der Waals surface area contributed by atoms with E-state index in [9.17, 15) is 9.59 Å². The van der Waals surface area contributed by atoms with Crippen LogP contribution in [-0.2, 0) is 4.79 Å². The van der Waals surface area contributed by atoms with Crippen LogP contribution < -0.4 is 10.7 Å². The molecule has 1 heterocycles. The van der Waals surface area contributed by atoms with Crippen LogP contribution in [0.1, 0.15) is 23.7 Å². The topological polar surface area (TPSA) is 83.5 Å². The maximum Gasteiger partial charge on any atom is 0.271 e. The predicted molar refractivity (Wildman–Crippen MR) is 89.5 cm³/mol. The summed E-state index contributed by atoms with van der Waals surface area (Å²) in [7, 11) is 0. The molecule has 1 aromatic carbocycles. The van der Waals surface area contributed by atoms with Crippen LogP contribution in [0.4, 0.5) is 5.69 Å². The fourth-order valence-corrected chi connectivity index (χ4v) is 1.85. The zero-order chi connectivity index (χ0) is 16.7. The zero-order valence-corrected chi connectivity index (χ0v) is 13.2. The highest BCUT2D eigenvalue weighted by atomic mass is 35.5. The van der Waals surface area contributed by atoms with Gasteiger partial charge >= 0.3 is 0 Å². The molecular weight excluding hydrogens is 316 g/mol. The second-order valence-electron chi connectivity index (χ2n) is 4.76. The molecule has 0 unspecified atom stereocenters. The monoisotopic (exact) mass is 330 g/mol. The summed E-state index contributed by atoms with van der Waals surface area (Å²) in [5, 5.41) is 7.23. The van der Waals surface area contributed by atoms with Crippen molar-refractivity contribution in [1.82, 2.24) is 10.4 Å². The van der Waals surface area contributed by atoms with Gasteiger partial charge in [0.2, 0.25) is 5.91 Å². The molecule has 1 aromatic heterocycles. The molecule has 0 fully saturated rings. The standard InChI is InChI=1S/C16H15ClN4O2/c1-11(20-21-16(23)12-6-8-18-9-7-12)10-15(22)19-14-4-2-13(17)3-5-14/h2-9H,10H2,1H3,(H,19,22)(H,21,23)/b20-11+. The fraction of sp³-hybridized carbons (Fsp3) is 0.125. The van der Waals surface area contributed by atoms with Gasteiger partial charge in [0.05, 0.1) is 6.42 Å². The molecule has 0 aliphatic rings. The first-order valence-corrected chi connectivity index (χ1v) is 7.21. The highest BCUT2D eigenvalue weighted by Crippen LogP contribution is 2.13. The number of halogens is 1. The molecule has 7 heteroatoms. The van der Waals surface area contributed by atoms with Crippen molar-refractivity contribution in [3.8, 4) is 0 Å². The van der Waals surface area contributed by atoms with Crippen LogP contribution >= 0.6 is 11.6 Å². The molecule has 2 rings (SSSR count). The molecule has 23 heavy (non-hydrogen) atoms. The van der Waals surface area contributed by atoms with Gasteiger partial charge in [-0.2, -0.15) is 5.10 Å². The smallest absolute Gasteiger partial charge is 0.271 e. The van der Waals surface area contributed by atoms with Crippen molar-refractivity contribution in [1.29, 1.82) is 0 Å². The molecule has 0 radical (unpaired) electrons. The number of hydrogen-bond acceptors (Lipinski definition) is 4. The first-order valence-electron chi connectivity index (χ1n) is 6.83. The third kappa shape index (κ3) is 5.52. The number of rotatable bonds is 5. The number of aromatic nitrogens is 1. The number of anilines is 1. The highest BCUT2D eigenvalue weighted by Gasteiger charge is 2.07. The number of nitrogens with zero attached hydrogens (tertiary/aromatic N) is 2. The van der Waals surface area contributed by atoms with Crippen LogP contribution in [0.15, 0.2) is 53.9 Å². The number of hydrogen-bond donors (Lipinski definition) is 2. The molecule has 0 bridgehead atoms. The van der Waals surface area contributed by atoms with E-state index in [-0.39, 0.29) is 18.2 Å². The van der Waals surface area contributed by atoms with Crippen molar-refractivity contribution in [2.24, 2.45) is 5.10 Å². The summed E-state index contributed by atoms with van der Waals surface area (Å²) in [5.41, 5.74) is 3.98. The lowest BCUT2D eigenvalue weighted by molar-refractivity contribution is -0.115. The Labute approximate surface area is 138 Å². The van der Waals surface area contributed by atoms with E-state index in [1.54, 1.807) is 43.3 Å². The molecule has 0 atom stereocenters. The molecule has 0 aliphatic heterocycles. The van der Waals surface area contributed by atoms with Crippen LogP contribution in [0.3, 0.4) is 0 Å². The zero-order valence-electron chi connectivity index (χ0n) is 12.4. The summed E-state index contributed by atoms with van der Waals surface area (Å²) in [6, 6.07) is 9.94. The number of nitrogens with one attached hydrogen (secondary N) is 2. The van der Waals surface area contributed by atoms with E-state index in [0.717, 1.165) is 0 Å². The lowest BCUT2D eigenvalue weighted by atomic mass is 10.2. The van der Waals surface area contributed by atoms with Gasteiger partial charge in [-0.1, -0.05) is 11.6 Å². The van der Waals surface area contributed by atoms with E-state index in [1.165, 1.54) is 12.4 Å². The maximum absolute atomic E-state index is 11.9. The largest absolute Gasteiger partial charge is 0.326 e. The van der Waals surface area contributed by atoms with E-state index in [2.05, 4.69) is 20.8 Å². The van der Waals surface area contributed by atoms with Crippen molar-refractivity contribution < 1.29 is 9.59 Å². The maximum atomic E-state index is 11.9. The van der Waals surface area contributed by atoms with Crippen LogP contribution in [0, 0.1) is 0 Å². The Bertz CT molecular complexity index is 715. The normalized spacial score (nSPS) is 11.0. The van der Waals surface area contributed by atoms with Gasteiger partial charge in [0.1, 0.15) is 0 Å². The minimum atomic E-state index is -0.357. The number of benzene rings is 1. The molecule has 6 nitrogen and oxygen atoms in total. The van der Waals surface area contributed by atoms with E-state index < -0.39 is 0 Å². The summed E-state index contributed by atoms with van der Waals surface area (Å²) in [6.07, 6.45) is 3.11. The van der Waals surface area contributed by atoms with Crippen LogP contribution in [0.2, 0.25) is 5.02 Å². The Morgan fingerprint density at radius 3 is 2.43 bits per heavy atom. The second-order valence-corrected chi connectivity index (χ2v) is 5.19. The molecular formula is C16H15ClN4O2. The van der Waals surface area contributed by atoms with Crippen molar-refractivity contribution in [3.63, 3.8) is 0 Å². The lowest BCUT2D eigenvalue weighted by Gasteiger charge is -2.05. The molecule has 2 aromatic rings. The summed E-state index contributed by atoms with van der Waals surface area (Å²) in [4.78, 5) is 27.5. The number of carbonyl (C=O) groups excluding carboxylic acids is 2. The second kappa shape index (κ2) is 8.05. The molecule has 2 amide bonds. The van der Waals surface area contributed by atoms with Gasteiger partial charge in [-0.3, -0.25) is 14.6 Å². The van der Waals surface area contributed by atoms with Gasteiger partial charge in [-0.05, 0) is 43.3 Å². The number of carbonyl (C=O) groups is 2. The van der Waals surface area contributed by atoms with Gasteiger partial charge in [0.15, 0.2) is 0 Å². The summed E-state index contributed by atoms with van der Waals surface area (Å²) >= 11 is 5.78. The SMILES string of the molecule is C/C(CC(=O)Nc1ccc(Cl)cc1)=N\NC(=O)c1ccncc1. The average molecular weight is 331 g/mol. The van der Waals surface area contributed by atoms with Gasteiger partial charge in [0.25, 0.3) is 5.91 Å². The third-order valence-corrected chi connectivity index (χ3v) is 3.09. The lowest BCUT2D eigenvalue weighted by Crippen LogP contribution is -2.21. The highest BCUT2D eigenvalue weighted by molar-refractivity contribution is 6.30. The Kier molecular flexibility index (Phi) is 5.82. The van der Waals surface area contributed by atoms with Crippen molar-refractivity contribution >= 4 is 34.8 Å². The molecule has 0 aliphatic carbocycles. The number of amides is 2. The van der Waals surface area contributed by atoms with Gasteiger partial charge in [-0.25, -0.2) is 5.43 Å². The van der Waals surface area contributed by atoms with Crippen LogP contribution in [0.25, 0.3) is 0 Å². The minimum Gasteiger partial charge on any atom is -0.326 e. The third-order valence-electron chi connectivity index (χ3n) is 2.84. The number of hydrazone groups is 1. The average Bonchev–Trinajstić information content (AvgIpc) is 2.55. The first kappa shape index (κ1) is 16.6. The molecule has 118 valence electrons. The summed E-state index contributed by atoms with van der Waals surface area (Å²) in [6.45, 7) is 1.66. The van der Waals surface area contributed by atoms with Crippen LogP contribution in [-0.4, -0.2) is 22.5 Å². The molecule has 0 saturated carbocycles. The number of pyridine rings is 1. The van der Waals surface area contributed by atoms with Crippen molar-refractivity contribution in [2.75, 3.05) is 5.32 Å². The predicted octanol–water partition coefficient (Wildman–Crippen LogP) is 2.87. The Hall–Kier alpha value is -2.73. The minimum absolute atomic E-state index is 0.0687. The Morgan fingerprint density at radius 2 is 1.78 bits per heavy atom. The quantitative estimate of drug-likeness (QED) is 0.653. The Morgan fingerprint density at radius 1 is 1.13 bits per heavy atom. The van der Waals surface area contributed by atoms with Crippen molar-refractivity contribution in [3.05, 3.63) is 59.4 Å². The van der Waals surface area contributed by atoms with Gasteiger partial charge < -0.3 is 5.32 Å². The van der Waals surface area contributed by atoms with Gasteiger partial charge in [0, 0.05) is 34.4 Å².